The van der Waals surface area contributed by atoms with Crippen LogP contribution in [0.5, 0.6) is 0 Å². The highest BCUT2D eigenvalue weighted by atomic mass is 19.4. The smallest absolute Gasteiger partial charge is 0.416 e. The second-order valence-electron chi connectivity index (χ2n) is 5.58. The number of carbonyl (C=O) groups excluding carboxylic acids is 2. The fourth-order valence-electron chi connectivity index (χ4n) is 2.68. The first-order valence-electron chi connectivity index (χ1n) is 7.59. The van der Waals surface area contributed by atoms with E-state index in [9.17, 15) is 22.8 Å². The van der Waals surface area contributed by atoms with E-state index in [-0.39, 0.29) is 11.5 Å². The van der Waals surface area contributed by atoms with Crippen LogP contribution in [0.25, 0.3) is 0 Å². The summed E-state index contributed by atoms with van der Waals surface area (Å²) in [7, 11) is 0. The number of amides is 1. The third-order valence-electron chi connectivity index (χ3n) is 3.96. The molecular weight excluding hydrogens is 335 g/mol. The third-order valence-corrected chi connectivity index (χ3v) is 3.96. The number of nitrogens with zero attached hydrogens (tertiary/aromatic N) is 1. The molecule has 7 heteroatoms. The highest BCUT2D eigenvalue weighted by Crippen LogP contribution is 2.29. The standard InChI is InChI=1S/C18H14F3NO3/c19-18(20,21)14-7-5-13(6-8-14)17(24)25-11-16(23)22-10-9-12-3-1-2-4-15(12)22/h1-8H,9-11H2. The van der Waals surface area contributed by atoms with Gasteiger partial charge in [0.15, 0.2) is 6.61 Å². The van der Waals surface area contributed by atoms with Crippen molar-refractivity contribution in [3.8, 4) is 0 Å². The topological polar surface area (TPSA) is 46.6 Å². The van der Waals surface area contributed by atoms with Crippen molar-refractivity contribution in [2.75, 3.05) is 18.1 Å². The van der Waals surface area contributed by atoms with Gasteiger partial charge in [-0.25, -0.2) is 4.79 Å². The molecule has 0 fully saturated rings. The van der Waals surface area contributed by atoms with Gasteiger partial charge in [0.05, 0.1) is 11.1 Å². The van der Waals surface area contributed by atoms with Crippen molar-refractivity contribution in [2.24, 2.45) is 0 Å². The van der Waals surface area contributed by atoms with Gasteiger partial charge >= 0.3 is 12.1 Å². The van der Waals surface area contributed by atoms with Gasteiger partial charge in [-0.3, -0.25) is 4.79 Å². The van der Waals surface area contributed by atoms with Crippen LogP contribution in [-0.2, 0) is 22.1 Å². The molecule has 0 aromatic heterocycles. The van der Waals surface area contributed by atoms with E-state index >= 15 is 0 Å². The minimum atomic E-state index is -4.47. The van der Waals surface area contributed by atoms with Crippen LogP contribution < -0.4 is 4.90 Å². The molecule has 25 heavy (non-hydrogen) atoms. The lowest BCUT2D eigenvalue weighted by atomic mass is 10.1. The van der Waals surface area contributed by atoms with Crippen LogP contribution in [0.3, 0.4) is 0 Å². The van der Waals surface area contributed by atoms with E-state index in [2.05, 4.69) is 0 Å². The molecule has 0 saturated carbocycles. The molecule has 0 radical (unpaired) electrons. The van der Waals surface area contributed by atoms with Crippen molar-refractivity contribution in [3.05, 3.63) is 65.2 Å². The predicted molar refractivity (Wildman–Crippen MR) is 84.2 cm³/mol. The van der Waals surface area contributed by atoms with Gasteiger partial charge in [0, 0.05) is 12.2 Å². The SMILES string of the molecule is O=C(OCC(=O)N1CCc2ccccc21)c1ccc(C(F)(F)F)cc1. The number of benzene rings is 2. The Morgan fingerprint density at radius 3 is 2.40 bits per heavy atom. The van der Waals surface area contributed by atoms with E-state index in [4.69, 9.17) is 4.74 Å². The van der Waals surface area contributed by atoms with Gasteiger partial charge in [0.2, 0.25) is 0 Å². The molecule has 3 rings (SSSR count). The number of para-hydroxylation sites is 1. The number of ether oxygens (including phenoxy) is 1. The van der Waals surface area contributed by atoms with Gasteiger partial charge in [0.25, 0.3) is 5.91 Å². The average Bonchev–Trinajstić information content (AvgIpc) is 3.03. The Hall–Kier alpha value is -2.83. The number of rotatable bonds is 3. The summed E-state index contributed by atoms with van der Waals surface area (Å²) in [5.74, 6) is -1.21. The maximum absolute atomic E-state index is 12.5. The Kier molecular flexibility index (Phi) is 4.48. The van der Waals surface area contributed by atoms with Crippen LogP contribution in [0, 0.1) is 0 Å². The van der Waals surface area contributed by atoms with Crippen LogP contribution in [0.15, 0.2) is 48.5 Å². The lowest BCUT2D eigenvalue weighted by Crippen LogP contribution is -2.33. The zero-order valence-electron chi connectivity index (χ0n) is 13.0. The summed E-state index contributed by atoms with van der Waals surface area (Å²) in [6, 6.07) is 11.1. The van der Waals surface area contributed by atoms with Crippen molar-refractivity contribution in [1.29, 1.82) is 0 Å². The van der Waals surface area contributed by atoms with E-state index in [1.807, 2.05) is 24.3 Å². The monoisotopic (exact) mass is 349 g/mol. The molecule has 0 bridgehead atoms. The number of anilines is 1. The Labute approximate surface area is 141 Å². The number of hydrogen-bond acceptors (Lipinski definition) is 3. The minimum absolute atomic E-state index is 0.0392. The molecule has 2 aromatic carbocycles. The Bertz CT molecular complexity index is 800. The highest BCUT2D eigenvalue weighted by molar-refractivity contribution is 5.98. The second kappa shape index (κ2) is 6.58. The predicted octanol–water partition coefficient (Wildman–Crippen LogP) is 3.45. The van der Waals surface area contributed by atoms with Crippen LogP contribution >= 0.6 is 0 Å². The number of esters is 1. The molecule has 130 valence electrons. The Balaban J connectivity index is 1.60. The fraction of sp³-hybridized carbons (Fsp3) is 0.222. The molecule has 4 nitrogen and oxygen atoms in total. The molecule has 0 spiro atoms. The van der Waals surface area contributed by atoms with E-state index < -0.39 is 24.3 Å². The van der Waals surface area contributed by atoms with Crippen molar-refractivity contribution in [3.63, 3.8) is 0 Å². The lowest BCUT2D eigenvalue weighted by Gasteiger charge is -2.17. The van der Waals surface area contributed by atoms with Gasteiger partial charge in [-0.15, -0.1) is 0 Å². The molecular formula is C18H14F3NO3. The zero-order chi connectivity index (χ0) is 18.0. The maximum Gasteiger partial charge on any atom is 0.416 e. The minimum Gasteiger partial charge on any atom is -0.452 e. The second-order valence-corrected chi connectivity index (χ2v) is 5.58. The van der Waals surface area contributed by atoms with Gasteiger partial charge in [0.1, 0.15) is 0 Å². The van der Waals surface area contributed by atoms with Gasteiger partial charge in [-0.2, -0.15) is 13.2 Å². The highest BCUT2D eigenvalue weighted by Gasteiger charge is 2.30. The quantitative estimate of drug-likeness (QED) is 0.798. The fourth-order valence-corrected chi connectivity index (χ4v) is 2.68. The van der Waals surface area contributed by atoms with Crippen LogP contribution in [-0.4, -0.2) is 25.0 Å². The number of fused-ring (bicyclic) bond motifs is 1. The molecule has 0 atom stereocenters. The molecule has 1 aliphatic rings. The number of halogens is 3. The molecule has 0 N–H and O–H groups in total. The summed E-state index contributed by atoms with van der Waals surface area (Å²) >= 11 is 0. The molecule has 2 aromatic rings. The van der Waals surface area contributed by atoms with Crippen LogP contribution in [0.1, 0.15) is 21.5 Å². The van der Waals surface area contributed by atoms with Crippen LogP contribution in [0.4, 0.5) is 18.9 Å². The lowest BCUT2D eigenvalue weighted by molar-refractivity contribution is -0.137. The largest absolute Gasteiger partial charge is 0.452 e. The first-order valence-corrected chi connectivity index (χ1v) is 7.59. The average molecular weight is 349 g/mol. The Morgan fingerprint density at radius 1 is 1.04 bits per heavy atom. The maximum atomic E-state index is 12.5. The molecule has 0 unspecified atom stereocenters. The van der Waals surface area contributed by atoms with Crippen LogP contribution in [0.2, 0.25) is 0 Å². The Morgan fingerprint density at radius 2 is 1.72 bits per heavy atom. The van der Waals surface area contributed by atoms with Crippen molar-refractivity contribution < 1.29 is 27.5 Å². The van der Waals surface area contributed by atoms with Crippen molar-refractivity contribution >= 4 is 17.6 Å². The summed E-state index contributed by atoms with van der Waals surface area (Å²) in [6.07, 6.45) is -3.74. The van der Waals surface area contributed by atoms with Gasteiger partial charge in [-0.05, 0) is 42.3 Å². The van der Waals surface area contributed by atoms with Crippen molar-refractivity contribution in [2.45, 2.75) is 12.6 Å². The molecule has 1 amide bonds. The molecule has 0 aliphatic carbocycles. The zero-order valence-corrected chi connectivity index (χ0v) is 13.0. The summed E-state index contributed by atoms with van der Waals surface area (Å²) in [5, 5.41) is 0. The van der Waals surface area contributed by atoms with Gasteiger partial charge in [-0.1, -0.05) is 18.2 Å². The molecule has 1 aliphatic heterocycles. The van der Waals surface area contributed by atoms with E-state index in [1.165, 1.54) is 4.90 Å². The van der Waals surface area contributed by atoms with Crippen molar-refractivity contribution in [1.82, 2.24) is 0 Å². The summed E-state index contributed by atoms with van der Waals surface area (Å²) in [6.45, 7) is 0.0458. The summed E-state index contributed by atoms with van der Waals surface area (Å²) < 4.78 is 42.4. The first kappa shape index (κ1) is 17.0. The first-order chi connectivity index (χ1) is 11.9. The number of hydrogen-bond donors (Lipinski definition) is 0. The normalized spacial score (nSPS) is 13.5. The molecule has 0 saturated heterocycles. The van der Waals surface area contributed by atoms with E-state index in [0.29, 0.717) is 6.54 Å². The van der Waals surface area contributed by atoms with Gasteiger partial charge < -0.3 is 9.64 Å². The summed E-state index contributed by atoms with van der Waals surface area (Å²) in [4.78, 5) is 25.7. The molecule has 1 heterocycles. The third kappa shape index (κ3) is 3.65. The number of carbonyl (C=O) groups is 2. The van der Waals surface area contributed by atoms with E-state index in [0.717, 1.165) is 41.9 Å². The number of alkyl halides is 3. The summed E-state index contributed by atoms with van der Waals surface area (Å²) in [5.41, 5.74) is 0.944. The van der Waals surface area contributed by atoms with E-state index in [1.54, 1.807) is 0 Å².